The Bertz CT molecular complexity index is 573. The Balaban J connectivity index is 0.000000861. The molecule has 0 heterocycles. The second-order valence-electron chi connectivity index (χ2n) is 4.39. The van der Waals surface area contributed by atoms with Crippen molar-refractivity contribution in [1.29, 1.82) is 0 Å². The van der Waals surface area contributed by atoms with Crippen LogP contribution in [0.5, 0.6) is 5.75 Å². The Kier molecular flexibility index (Phi) is 5.34. The minimum atomic E-state index is -0.141. The van der Waals surface area contributed by atoms with Gasteiger partial charge in [-0.1, -0.05) is 27.7 Å². The SMILES string of the molecule is CC.CCc1cc(O)cc2c(C)cc(F)c(CC)c12. The predicted molar refractivity (Wildman–Crippen MR) is 80.4 cm³/mol. The van der Waals surface area contributed by atoms with Gasteiger partial charge in [0.2, 0.25) is 0 Å². The van der Waals surface area contributed by atoms with Gasteiger partial charge in [-0.3, -0.25) is 0 Å². The topological polar surface area (TPSA) is 20.2 Å². The molecular formula is C17H23FO. The van der Waals surface area contributed by atoms with E-state index in [1.54, 1.807) is 18.2 Å². The number of benzene rings is 2. The van der Waals surface area contributed by atoms with Crippen molar-refractivity contribution in [1.82, 2.24) is 0 Å². The molecule has 2 rings (SSSR count). The summed E-state index contributed by atoms with van der Waals surface area (Å²) < 4.78 is 13.9. The first-order chi connectivity index (χ1) is 9.08. The molecule has 1 N–H and O–H groups in total. The largest absolute Gasteiger partial charge is 0.508 e. The van der Waals surface area contributed by atoms with Crippen molar-refractivity contribution in [2.45, 2.75) is 47.5 Å². The number of aryl methyl sites for hydroxylation is 3. The second kappa shape index (κ2) is 6.55. The summed E-state index contributed by atoms with van der Waals surface area (Å²) in [5, 5.41) is 11.6. The van der Waals surface area contributed by atoms with Crippen LogP contribution >= 0.6 is 0 Å². The fourth-order valence-electron chi connectivity index (χ4n) is 2.45. The van der Waals surface area contributed by atoms with E-state index in [1.165, 1.54) is 0 Å². The number of hydrogen-bond acceptors (Lipinski definition) is 1. The van der Waals surface area contributed by atoms with Crippen LogP contribution in [-0.4, -0.2) is 5.11 Å². The Morgan fingerprint density at radius 2 is 1.68 bits per heavy atom. The molecule has 2 aromatic rings. The highest BCUT2D eigenvalue weighted by Crippen LogP contribution is 2.32. The lowest BCUT2D eigenvalue weighted by atomic mass is 9.93. The van der Waals surface area contributed by atoms with Crippen LogP contribution in [0.1, 0.15) is 44.4 Å². The maximum absolute atomic E-state index is 13.9. The second-order valence-corrected chi connectivity index (χ2v) is 4.39. The Labute approximate surface area is 115 Å². The zero-order valence-electron chi connectivity index (χ0n) is 12.5. The molecule has 0 fully saturated rings. The van der Waals surface area contributed by atoms with Crippen LogP contribution in [0.4, 0.5) is 4.39 Å². The molecule has 0 saturated carbocycles. The van der Waals surface area contributed by atoms with Crippen LogP contribution in [0.25, 0.3) is 10.8 Å². The standard InChI is InChI=1S/C15H17FO.C2H6/c1-4-10-7-11(17)8-13-9(3)6-14(16)12(5-2)15(10)13;1-2/h6-8,17H,4-5H2,1-3H3;1-2H3. The third-order valence-corrected chi connectivity index (χ3v) is 3.30. The molecule has 0 saturated heterocycles. The lowest BCUT2D eigenvalue weighted by molar-refractivity contribution is 0.475. The monoisotopic (exact) mass is 262 g/mol. The van der Waals surface area contributed by atoms with Gasteiger partial charge in [0, 0.05) is 0 Å². The molecule has 2 heteroatoms. The van der Waals surface area contributed by atoms with Crippen LogP contribution < -0.4 is 0 Å². The van der Waals surface area contributed by atoms with Gasteiger partial charge in [-0.15, -0.1) is 0 Å². The van der Waals surface area contributed by atoms with Gasteiger partial charge in [0.05, 0.1) is 0 Å². The zero-order valence-corrected chi connectivity index (χ0v) is 12.5. The summed E-state index contributed by atoms with van der Waals surface area (Å²) in [4.78, 5) is 0. The fraction of sp³-hybridized carbons (Fsp3) is 0.412. The van der Waals surface area contributed by atoms with E-state index in [4.69, 9.17) is 0 Å². The van der Waals surface area contributed by atoms with Gasteiger partial charge in [0.15, 0.2) is 0 Å². The minimum Gasteiger partial charge on any atom is -0.508 e. The van der Waals surface area contributed by atoms with E-state index >= 15 is 0 Å². The Morgan fingerprint density at radius 1 is 1.05 bits per heavy atom. The first kappa shape index (κ1) is 15.5. The van der Waals surface area contributed by atoms with Crippen LogP contribution in [0.3, 0.4) is 0 Å². The number of phenolic OH excluding ortho intramolecular Hbond substituents is 1. The summed E-state index contributed by atoms with van der Waals surface area (Å²) in [6.45, 7) is 9.86. The van der Waals surface area contributed by atoms with Crippen molar-refractivity contribution in [3.63, 3.8) is 0 Å². The molecular weight excluding hydrogens is 239 g/mol. The van der Waals surface area contributed by atoms with E-state index in [0.29, 0.717) is 6.42 Å². The average Bonchev–Trinajstić information content (AvgIpc) is 2.41. The van der Waals surface area contributed by atoms with Crippen LogP contribution in [0, 0.1) is 12.7 Å². The number of halogens is 1. The van der Waals surface area contributed by atoms with Gasteiger partial charge in [-0.05, 0) is 65.4 Å². The molecule has 19 heavy (non-hydrogen) atoms. The van der Waals surface area contributed by atoms with Crippen molar-refractivity contribution >= 4 is 10.8 Å². The van der Waals surface area contributed by atoms with E-state index in [0.717, 1.165) is 33.9 Å². The zero-order chi connectivity index (χ0) is 14.6. The van der Waals surface area contributed by atoms with Crippen LogP contribution in [0.2, 0.25) is 0 Å². The molecule has 0 spiro atoms. The van der Waals surface area contributed by atoms with Gasteiger partial charge < -0.3 is 5.11 Å². The molecule has 1 nitrogen and oxygen atoms in total. The fourth-order valence-corrected chi connectivity index (χ4v) is 2.45. The maximum atomic E-state index is 13.9. The molecule has 104 valence electrons. The van der Waals surface area contributed by atoms with Gasteiger partial charge in [0.1, 0.15) is 11.6 Å². The lowest BCUT2D eigenvalue weighted by Crippen LogP contribution is -1.96. The first-order valence-electron chi connectivity index (χ1n) is 7.02. The summed E-state index contributed by atoms with van der Waals surface area (Å²) in [6, 6.07) is 5.02. The predicted octanol–water partition coefficient (Wildman–Crippen LogP) is 5.14. The van der Waals surface area contributed by atoms with E-state index in [-0.39, 0.29) is 11.6 Å². The van der Waals surface area contributed by atoms with Gasteiger partial charge in [-0.25, -0.2) is 4.39 Å². The summed E-state index contributed by atoms with van der Waals surface area (Å²) in [5.41, 5.74) is 2.64. The van der Waals surface area contributed by atoms with Gasteiger partial charge >= 0.3 is 0 Å². The first-order valence-corrected chi connectivity index (χ1v) is 7.02. The number of aromatic hydroxyl groups is 1. The number of hydrogen-bond donors (Lipinski definition) is 1. The van der Waals surface area contributed by atoms with Crippen LogP contribution in [-0.2, 0) is 12.8 Å². The molecule has 0 aliphatic rings. The summed E-state index contributed by atoms with van der Waals surface area (Å²) in [7, 11) is 0. The molecule has 0 aromatic heterocycles. The van der Waals surface area contributed by atoms with Crippen LogP contribution in [0.15, 0.2) is 18.2 Å². The van der Waals surface area contributed by atoms with E-state index in [2.05, 4.69) is 0 Å². The third kappa shape index (κ3) is 2.89. The number of phenols is 1. The Hall–Kier alpha value is -1.57. The summed E-state index contributed by atoms with van der Waals surface area (Å²) in [5.74, 6) is 0.115. The molecule has 0 aliphatic carbocycles. The van der Waals surface area contributed by atoms with Crippen molar-refractivity contribution < 1.29 is 9.50 Å². The Morgan fingerprint density at radius 3 is 2.21 bits per heavy atom. The molecule has 0 radical (unpaired) electrons. The third-order valence-electron chi connectivity index (χ3n) is 3.30. The number of rotatable bonds is 2. The molecule has 0 atom stereocenters. The minimum absolute atomic E-state index is 0.141. The van der Waals surface area contributed by atoms with Gasteiger partial charge in [-0.2, -0.15) is 0 Å². The summed E-state index contributed by atoms with van der Waals surface area (Å²) in [6.07, 6.45) is 1.46. The maximum Gasteiger partial charge on any atom is 0.127 e. The quantitative estimate of drug-likeness (QED) is 0.794. The highest BCUT2D eigenvalue weighted by atomic mass is 19.1. The highest BCUT2D eigenvalue weighted by molar-refractivity contribution is 5.92. The van der Waals surface area contributed by atoms with Crippen molar-refractivity contribution in [3.8, 4) is 5.75 Å². The van der Waals surface area contributed by atoms with E-state index in [9.17, 15) is 9.50 Å². The van der Waals surface area contributed by atoms with E-state index < -0.39 is 0 Å². The number of fused-ring (bicyclic) bond motifs is 1. The highest BCUT2D eigenvalue weighted by Gasteiger charge is 2.13. The van der Waals surface area contributed by atoms with Crippen molar-refractivity contribution in [2.75, 3.05) is 0 Å². The molecule has 0 bridgehead atoms. The molecule has 0 aliphatic heterocycles. The molecule has 0 unspecified atom stereocenters. The average molecular weight is 262 g/mol. The van der Waals surface area contributed by atoms with Gasteiger partial charge in [0.25, 0.3) is 0 Å². The molecule has 2 aromatic carbocycles. The normalized spacial score (nSPS) is 10.2. The summed E-state index contributed by atoms with van der Waals surface area (Å²) >= 11 is 0. The smallest absolute Gasteiger partial charge is 0.127 e. The lowest BCUT2D eigenvalue weighted by Gasteiger charge is -2.13. The molecule has 0 amide bonds. The van der Waals surface area contributed by atoms with Crippen molar-refractivity contribution in [2.24, 2.45) is 0 Å². The van der Waals surface area contributed by atoms with Crippen molar-refractivity contribution in [3.05, 3.63) is 40.7 Å². The van der Waals surface area contributed by atoms with E-state index in [1.807, 2.05) is 34.6 Å².